The molecule has 9 heteroatoms. The van der Waals surface area contributed by atoms with Crippen molar-refractivity contribution in [2.45, 2.75) is 19.3 Å². The second kappa shape index (κ2) is 8.02. The van der Waals surface area contributed by atoms with Crippen molar-refractivity contribution in [2.24, 2.45) is 5.73 Å². The predicted octanol–water partition coefficient (Wildman–Crippen LogP) is 3.02. The van der Waals surface area contributed by atoms with Crippen LogP contribution in [0.3, 0.4) is 0 Å². The number of nitrogens with two attached hydrogens (primary N) is 1. The molecule has 0 aliphatic carbocycles. The number of aromatic nitrogens is 5. The van der Waals surface area contributed by atoms with Crippen LogP contribution in [0.4, 0.5) is 17.5 Å². The summed E-state index contributed by atoms with van der Waals surface area (Å²) < 4.78 is 1.94. The van der Waals surface area contributed by atoms with Crippen molar-refractivity contribution in [2.75, 3.05) is 23.3 Å². The van der Waals surface area contributed by atoms with Gasteiger partial charge in [-0.05, 0) is 31.4 Å². The maximum atomic E-state index is 11.3. The summed E-state index contributed by atoms with van der Waals surface area (Å²) in [4.78, 5) is 31.6. The van der Waals surface area contributed by atoms with Gasteiger partial charge in [-0.2, -0.15) is 0 Å². The van der Waals surface area contributed by atoms with Crippen molar-refractivity contribution >= 4 is 29.0 Å². The molecule has 3 aromatic heterocycles. The highest BCUT2D eigenvalue weighted by atomic mass is 16.1. The molecular formula is C22H22N8O. The molecule has 0 spiro atoms. The maximum Gasteiger partial charge on any atom is 0.248 e. The molecule has 0 unspecified atom stereocenters. The van der Waals surface area contributed by atoms with Gasteiger partial charge in [-0.3, -0.25) is 9.20 Å². The molecular weight excluding hydrogens is 392 g/mol. The summed E-state index contributed by atoms with van der Waals surface area (Å²) in [6.07, 6.45) is 12.5. The number of amides is 1. The Morgan fingerprint density at radius 3 is 2.39 bits per heavy atom. The van der Waals surface area contributed by atoms with Gasteiger partial charge >= 0.3 is 0 Å². The van der Waals surface area contributed by atoms with Crippen LogP contribution in [0.5, 0.6) is 0 Å². The van der Waals surface area contributed by atoms with Gasteiger partial charge in [0, 0.05) is 36.6 Å². The zero-order valence-corrected chi connectivity index (χ0v) is 16.9. The molecule has 1 aliphatic rings. The molecule has 0 saturated carbocycles. The molecule has 1 amide bonds. The van der Waals surface area contributed by atoms with E-state index in [0.717, 1.165) is 36.0 Å². The third kappa shape index (κ3) is 3.77. The highest BCUT2D eigenvalue weighted by molar-refractivity contribution is 5.93. The largest absolute Gasteiger partial charge is 0.366 e. The second-order valence-electron chi connectivity index (χ2n) is 7.50. The van der Waals surface area contributed by atoms with Gasteiger partial charge in [0.2, 0.25) is 11.9 Å². The lowest BCUT2D eigenvalue weighted by Crippen LogP contribution is -2.30. The van der Waals surface area contributed by atoms with Crippen molar-refractivity contribution < 1.29 is 4.79 Å². The fourth-order valence-electron chi connectivity index (χ4n) is 3.81. The number of nitrogens with zero attached hydrogens (tertiary/aromatic N) is 6. The molecule has 0 atom stereocenters. The Hall–Kier alpha value is -4.01. The number of fused-ring (bicyclic) bond motifs is 1. The van der Waals surface area contributed by atoms with E-state index in [0.29, 0.717) is 17.0 Å². The summed E-state index contributed by atoms with van der Waals surface area (Å²) in [5, 5.41) is 3.27. The van der Waals surface area contributed by atoms with Crippen LogP contribution in [0.15, 0.2) is 55.2 Å². The Kier molecular flexibility index (Phi) is 4.91. The highest BCUT2D eigenvalue weighted by Crippen LogP contribution is 2.25. The number of hydrogen-bond acceptors (Lipinski definition) is 7. The van der Waals surface area contributed by atoms with Crippen LogP contribution in [0, 0.1) is 0 Å². The van der Waals surface area contributed by atoms with Crippen LogP contribution in [0.1, 0.15) is 29.6 Å². The quantitative estimate of drug-likeness (QED) is 0.516. The van der Waals surface area contributed by atoms with Crippen molar-refractivity contribution in [1.29, 1.82) is 0 Å². The van der Waals surface area contributed by atoms with E-state index in [9.17, 15) is 4.79 Å². The van der Waals surface area contributed by atoms with Gasteiger partial charge in [0.1, 0.15) is 0 Å². The number of hydrogen-bond donors (Lipinski definition) is 2. The minimum Gasteiger partial charge on any atom is -0.366 e. The SMILES string of the molecule is NC(=O)c1ccc(-c2cnc(Nc3cnc(N4CCCCC4)nc3)c3nccn23)cc1. The first kappa shape index (κ1) is 19.0. The number of nitrogens with one attached hydrogen (secondary N) is 1. The van der Waals surface area contributed by atoms with Crippen molar-refractivity contribution in [3.63, 3.8) is 0 Å². The third-order valence-electron chi connectivity index (χ3n) is 5.43. The summed E-state index contributed by atoms with van der Waals surface area (Å²) in [6.45, 7) is 2.01. The summed E-state index contributed by atoms with van der Waals surface area (Å²) in [6, 6.07) is 7.09. The normalized spacial score (nSPS) is 14.0. The minimum absolute atomic E-state index is 0.453. The predicted molar refractivity (Wildman–Crippen MR) is 118 cm³/mol. The molecule has 4 aromatic rings. The van der Waals surface area contributed by atoms with Crippen LogP contribution < -0.4 is 16.0 Å². The molecule has 3 N–H and O–H groups in total. The first-order valence-electron chi connectivity index (χ1n) is 10.3. The zero-order valence-electron chi connectivity index (χ0n) is 16.9. The molecule has 9 nitrogen and oxygen atoms in total. The van der Waals surface area contributed by atoms with Crippen molar-refractivity contribution in [1.82, 2.24) is 24.3 Å². The van der Waals surface area contributed by atoms with Gasteiger partial charge in [-0.15, -0.1) is 0 Å². The Labute approximate surface area is 179 Å². The average molecular weight is 414 g/mol. The fourth-order valence-corrected chi connectivity index (χ4v) is 3.81. The van der Waals surface area contributed by atoms with Crippen LogP contribution in [0.2, 0.25) is 0 Å². The summed E-state index contributed by atoms with van der Waals surface area (Å²) in [5.74, 6) is 0.918. The highest BCUT2D eigenvalue weighted by Gasteiger charge is 2.14. The Morgan fingerprint density at radius 2 is 1.68 bits per heavy atom. The number of imidazole rings is 1. The number of primary amides is 1. The monoisotopic (exact) mass is 414 g/mol. The smallest absolute Gasteiger partial charge is 0.248 e. The first-order chi connectivity index (χ1) is 15.2. The van der Waals surface area contributed by atoms with E-state index in [2.05, 4.69) is 30.2 Å². The van der Waals surface area contributed by atoms with E-state index in [4.69, 9.17) is 5.73 Å². The Balaban J connectivity index is 1.40. The van der Waals surface area contributed by atoms with E-state index in [1.54, 1.807) is 36.9 Å². The molecule has 31 heavy (non-hydrogen) atoms. The number of piperidine rings is 1. The van der Waals surface area contributed by atoms with Gasteiger partial charge in [-0.1, -0.05) is 12.1 Å². The molecule has 1 aliphatic heterocycles. The van der Waals surface area contributed by atoms with E-state index in [1.807, 2.05) is 22.7 Å². The molecule has 1 fully saturated rings. The van der Waals surface area contributed by atoms with Crippen LogP contribution >= 0.6 is 0 Å². The number of benzene rings is 1. The van der Waals surface area contributed by atoms with E-state index in [1.165, 1.54) is 19.3 Å². The van der Waals surface area contributed by atoms with Crippen LogP contribution in [-0.4, -0.2) is 43.3 Å². The molecule has 1 aromatic carbocycles. The van der Waals surface area contributed by atoms with Crippen molar-refractivity contribution in [3.8, 4) is 11.3 Å². The lowest BCUT2D eigenvalue weighted by molar-refractivity contribution is 0.100. The summed E-state index contributed by atoms with van der Waals surface area (Å²) >= 11 is 0. The lowest BCUT2D eigenvalue weighted by Gasteiger charge is -2.26. The number of carbonyl (C=O) groups is 1. The second-order valence-corrected chi connectivity index (χ2v) is 7.50. The topological polar surface area (TPSA) is 114 Å². The van der Waals surface area contributed by atoms with Crippen LogP contribution in [0.25, 0.3) is 16.9 Å². The molecule has 0 radical (unpaired) electrons. The maximum absolute atomic E-state index is 11.3. The standard InChI is InChI=1S/C22H22N8O/c23-19(31)16-6-4-15(5-7-16)18-14-25-20(21-24-8-11-30(18)21)28-17-12-26-22(27-13-17)29-9-2-1-3-10-29/h4-8,11-14H,1-3,9-10H2,(H2,23,31)(H,25,28). The van der Waals surface area contributed by atoms with Gasteiger partial charge < -0.3 is 16.0 Å². The number of carbonyl (C=O) groups excluding carboxylic acids is 1. The third-order valence-corrected chi connectivity index (χ3v) is 5.43. The lowest BCUT2D eigenvalue weighted by atomic mass is 10.1. The van der Waals surface area contributed by atoms with E-state index in [-0.39, 0.29) is 0 Å². The van der Waals surface area contributed by atoms with Gasteiger partial charge in [0.25, 0.3) is 0 Å². The van der Waals surface area contributed by atoms with Gasteiger partial charge in [0.15, 0.2) is 11.5 Å². The van der Waals surface area contributed by atoms with Crippen molar-refractivity contribution in [3.05, 3.63) is 60.8 Å². The Bertz CT molecular complexity index is 1210. The summed E-state index contributed by atoms with van der Waals surface area (Å²) in [7, 11) is 0. The zero-order chi connectivity index (χ0) is 21.2. The number of anilines is 3. The Morgan fingerprint density at radius 1 is 0.935 bits per heavy atom. The van der Waals surface area contributed by atoms with E-state index >= 15 is 0 Å². The van der Waals surface area contributed by atoms with Gasteiger partial charge in [-0.25, -0.2) is 19.9 Å². The summed E-state index contributed by atoms with van der Waals surface area (Å²) in [5.41, 5.74) is 8.98. The minimum atomic E-state index is -0.453. The molecule has 0 bridgehead atoms. The average Bonchev–Trinajstić information content (AvgIpc) is 3.31. The van der Waals surface area contributed by atoms with Gasteiger partial charge in [0.05, 0.1) is 30.0 Å². The number of rotatable bonds is 5. The van der Waals surface area contributed by atoms with E-state index < -0.39 is 5.91 Å². The fraction of sp³-hybridized carbons (Fsp3) is 0.227. The molecule has 1 saturated heterocycles. The molecule has 156 valence electrons. The molecule has 4 heterocycles. The molecule has 5 rings (SSSR count). The van der Waals surface area contributed by atoms with Crippen LogP contribution in [-0.2, 0) is 0 Å². The first-order valence-corrected chi connectivity index (χ1v) is 10.3.